The van der Waals surface area contributed by atoms with Gasteiger partial charge in [0.15, 0.2) is 5.78 Å². The Morgan fingerprint density at radius 2 is 2.33 bits per heavy atom. The fourth-order valence-corrected chi connectivity index (χ4v) is 1.26. The molecule has 0 aliphatic heterocycles. The van der Waals surface area contributed by atoms with Crippen molar-refractivity contribution in [2.75, 3.05) is 6.61 Å². The molecule has 3 nitrogen and oxygen atoms in total. The molecule has 0 aromatic heterocycles. The Morgan fingerprint density at radius 3 is 3.00 bits per heavy atom. The molecule has 0 saturated heterocycles. The molecule has 0 fully saturated rings. The van der Waals surface area contributed by atoms with Crippen molar-refractivity contribution in [3.63, 3.8) is 0 Å². The van der Waals surface area contributed by atoms with E-state index in [-0.39, 0.29) is 12.2 Å². The van der Waals surface area contributed by atoms with E-state index >= 15 is 0 Å². The van der Waals surface area contributed by atoms with Crippen LogP contribution >= 0.6 is 0 Å². The molecule has 0 aliphatic rings. The molecule has 1 N–H and O–H groups in total. The highest BCUT2D eigenvalue weighted by molar-refractivity contribution is 5.91. The average molecular weight is 206 g/mol. The molecular weight excluding hydrogens is 192 g/mol. The number of aliphatic hydroxyl groups excluding tert-OH is 1. The lowest BCUT2D eigenvalue weighted by Crippen LogP contribution is -1.99. The highest BCUT2D eigenvalue weighted by atomic mass is 16.5. The fourth-order valence-electron chi connectivity index (χ4n) is 1.26. The van der Waals surface area contributed by atoms with Crippen LogP contribution in [0.4, 0.5) is 0 Å². The summed E-state index contributed by atoms with van der Waals surface area (Å²) in [6.07, 6.45) is 2.18. The number of rotatable bonds is 5. The fraction of sp³-hybridized carbons (Fsp3) is 0.250. The lowest BCUT2D eigenvalue weighted by molar-refractivity contribution is -0.114. The van der Waals surface area contributed by atoms with Crippen molar-refractivity contribution >= 4 is 5.78 Å². The van der Waals surface area contributed by atoms with Crippen LogP contribution in [0.2, 0.25) is 0 Å². The summed E-state index contributed by atoms with van der Waals surface area (Å²) in [6, 6.07) is 7.37. The van der Waals surface area contributed by atoms with Gasteiger partial charge in [-0.2, -0.15) is 0 Å². The number of ether oxygens (including phenoxy) is 1. The summed E-state index contributed by atoms with van der Waals surface area (Å²) in [6.45, 7) is 2.51. The average Bonchev–Trinajstić information content (AvgIpc) is 2.19. The molecule has 0 saturated carbocycles. The van der Waals surface area contributed by atoms with Gasteiger partial charge in [-0.1, -0.05) is 12.1 Å². The SMILES string of the molecule is CCOc1cccc(CC(=O)C=CO)c1. The molecule has 0 unspecified atom stereocenters. The van der Waals surface area contributed by atoms with Crippen molar-refractivity contribution in [3.05, 3.63) is 42.2 Å². The van der Waals surface area contributed by atoms with E-state index in [1.807, 2.05) is 31.2 Å². The Morgan fingerprint density at radius 1 is 1.53 bits per heavy atom. The molecule has 1 rings (SSSR count). The molecule has 0 bridgehead atoms. The van der Waals surface area contributed by atoms with Gasteiger partial charge in [0.25, 0.3) is 0 Å². The summed E-state index contributed by atoms with van der Waals surface area (Å²) in [4.78, 5) is 11.2. The Bertz CT molecular complexity index is 356. The minimum absolute atomic E-state index is 0.133. The number of hydrogen-bond acceptors (Lipinski definition) is 3. The highest BCUT2D eigenvalue weighted by Gasteiger charge is 2.01. The zero-order chi connectivity index (χ0) is 11.1. The number of benzene rings is 1. The first-order valence-electron chi connectivity index (χ1n) is 4.81. The normalized spacial score (nSPS) is 10.5. The van der Waals surface area contributed by atoms with Crippen LogP contribution in [0, 0.1) is 0 Å². The Balaban J connectivity index is 2.68. The molecule has 1 aromatic rings. The second-order valence-electron chi connectivity index (χ2n) is 3.04. The van der Waals surface area contributed by atoms with E-state index in [0.29, 0.717) is 6.61 Å². The Labute approximate surface area is 89.0 Å². The number of allylic oxidation sites excluding steroid dienone is 1. The standard InChI is InChI=1S/C12H14O3/c1-2-15-12-5-3-4-10(9-12)8-11(14)6-7-13/h3-7,9,13H,2,8H2,1H3. The first-order chi connectivity index (χ1) is 7.26. The molecule has 0 atom stereocenters. The molecule has 0 spiro atoms. The van der Waals surface area contributed by atoms with Crippen LogP contribution in [-0.2, 0) is 11.2 Å². The molecule has 1 aromatic carbocycles. The van der Waals surface area contributed by atoms with Crippen molar-refractivity contribution < 1.29 is 14.6 Å². The van der Waals surface area contributed by atoms with Gasteiger partial charge in [-0.15, -0.1) is 0 Å². The smallest absolute Gasteiger partial charge is 0.163 e. The molecule has 80 valence electrons. The Hall–Kier alpha value is -1.77. The van der Waals surface area contributed by atoms with E-state index in [4.69, 9.17) is 9.84 Å². The summed E-state index contributed by atoms with van der Waals surface area (Å²) in [5.74, 6) is 0.627. The minimum Gasteiger partial charge on any atom is -0.515 e. The third kappa shape index (κ3) is 3.85. The van der Waals surface area contributed by atoms with Crippen LogP contribution in [0.5, 0.6) is 5.75 Å². The predicted octanol–water partition coefficient (Wildman–Crippen LogP) is 2.27. The van der Waals surface area contributed by atoms with Gasteiger partial charge in [0.1, 0.15) is 5.75 Å². The van der Waals surface area contributed by atoms with E-state index in [1.165, 1.54) is 0 Å². The number of carbonyl (C=O) groups excluding carboxylic acids is 1. The summed E-state index contributed by atoms with van der Waals surface area (Å²) in [5, 5.41) is 8.43. The lowest BCUT2D eigenvalue weighted by atomic mass is 10.1. The maximum Gasteiger partial charge on any atom is 0.163 e. The third-order valence-corrected chi connectivity index (χ3v) is 1.85. The van der Waals surface area contributed by atoms with Crippen LogP contribution in [0.15, 0.2) is 36.6 Å². The van der Waals surface area contributed by atoms with Gasteiger partial charge in [0.2, 0.25) is 0 Å². The summed E-state index contributed by atoms with van der Waals surface area (Å²) in [5.41, 5.74) is 0.879. The Kier molecular flexibility index (Phi) is 4.41. The van der Waals surface area contributed by atoms with Crippen molar-refractivity contribution in [1.82, 2.24) is 0 Å². The van der Waals surface area contributed by atoms with E-state index in [1.54, 1.807) is 0 Å². The van der Waals surface area contributed by atoms with Crippen molar-refractivity contribution in [3.8, 4) is 5.75 Å². The predicted molar refractivity (Wildman–Crippen MR) is 58.1 cm³/mol. The first-order valence-corrected chi connectivity index (χ1v) is 4.81. The van der Waals surface area contributed by atoms with Gasteiger partial charge in [0, 0.05) is 12.5 Å². The number of carbonyl (C=O) groups is 1. The molecule has 0 heterocycles. The quantitative estimate of drug-likeness (QED) is 0.593. The van der Waals surface area contributed by atoms with E-state index < -0.39 is 0 Å². The van der Waals surface area contributed by atoms with Gasteiger partial charge in [-0.25, -0.2) is 0 Å². The summed E-state index contributed by atoms with van der Waals surface area (Å²) < 4.78 is 5.31. The highest BCUT2D eigenvalue weighted by Crippen LogP contribution is 2.13. The number of hydrogen-bond donors (Lipinski definition) is 1. The largest absolute Gasteiger partial charge is 0.515 e. The zero-order valence-electron chi connectivity index (χ0n) is 8.64. The number of aliphatic hydroxyl groups is 1. The van der Waals surface area contributed by atoms with Gasteiger partial charge >= 0.3 is 0 Å². The zero-order valence-corrected chi connectivity index (χ0v) is 8.64. The van der Waals surface area contributed by atoms with Crippen LogP contribution < -0.4 is 4.74 Å². The molecule has 0 aliphatic carbocycles. The van der Waals surface area contributed by atoms with E-state index in [2.05, 4.69) is 0 Å². The van der Waals surface area contributed by atoms with Gasteiger partial charge in [-0.05, 0) is 24.6 Å². The molecule has 3 heteroatoms. The van der Waals surface area contributed by atoms with Gasteiger partial charge < -0.3 is 9.84 Å². The monoisotopic (exact) mass is 206 g/mol. The van der Waals surface area contributed by atoms with Crippen LogP contribution in [-0.4, -0.2) is 17.5 Å². The van der Waals surface area contributed by atoms with Gasteiger partial charge in [0.05, 0.1) is 12.9 Å². The van der Waals surface area contributed by atoms with Crippen molar-refractivity contribution in [2.24, 2.45) is 0 Å². The maximum atomic E-state index is 11.2. The third-order valence-electron chi connectivity index (χ3n) is 1.85. The number of ketones is 1. The molecule has 15 heavy (non-hydrogen) atoms. The summed E-state index contributed by atoms with van der Waals surface area (Å²) >= 11 is 0. The summed E-state index contributed by atoms with van der Waals surface area (Å²) in [7, 11) is 0. The lowest BCUT2D eigenvalue weighted by Gasteiger charge is -2.04. The molecule has 0 amide bonds. The van der Waals surface area contributed by atoms with Crippen LogP contribution in [0.25, 0.3) is 0 Å². The second-order valence-corrected chi connectivity index (χ2v) is 3.04. The first kappa shape index (κ1) is 11.3. The van der Waals surface area contributed by atoms with E-state index in [0.717, 1.165) is 23.7 Å². The molecular formula is C12H14O3. The van der Waals surface area contributed by atoms with Crippen molar-refractivity contribution in [2.45, 2.75) is 13.3 Å². The topological polar surface area (TPSA) is 46.5 Å². The van der Waals surface area contributed by atoms with Crippen LogP contribution in [0.1, 0.15) is 12.5 Å². The second kappa shape index (κ2) is 5.86. The van der Waals surface area contributed by atoms with Gasteiger partial charge in [-0.3, -0.25) is 4.79 Å². The van der Waals surface area contributed by atoms with Crippen molar-refractivity contribution in [1.29, 1.82) is 0 Å². The van der Waals surface area contributed by atoms with E-state index in [9.17, 15) is 4.79 Å². The minimum atomic E-state index is -0.133. The van der Waals surface area contributed by atoms with Crippen LogP contribution in [0.3, 0.4) is 0 Å². The maximum absolute atomic E-state index is 11.2. The molecule has 0 radical (unpaired) electrons.